The van der Waals surface area contributed by atoms with E-state index in [2.05, 4.69) is 11.9 Å². The first kappa shape index (κ1) is 21.3. The van der Waals surface area contributed by atoms with Crippen molar-refractivity contribution in [1.82, 2.24) is 5.32 Å². The molecule has 1 aliphatic heterocycles. The summed E-state index contributed by atoms with van der Waals surface area (Å²) in [7, 11) is 0. The highest BCUT2D eigenvalue weighted by atomic mass is 35.5. The first-order valence-electron chi connectivity index (χ1n) is 9.83. The number of ether oxygens (including phenoxy) is 1. The first-order valence-corrected chi connectivity index (χ1v) is 10.2. The van der Waals surface area contributed by atoms with Crippen molar-refractivity contribution in [3.63, 3.8) is 0 Å². The minimum absolute atomic E-state index is 0.191. The van der Waals surface area contributed by atoms with E-state index >= 15 is 0 Å². The second kappa shape index (κ2) is 8.69. The number of urea groups is 1. The zero-order valence-electron chi connectivity index (χ0n) is 17.2. The summed E-state index contributed by atoms with van der Waals surface area (Å²) in [4.78, 5) is 39.5. The molecule has 1 fully saturated rings. The molecule has 4 amide bonds. The van der Waals surface area contributed by atoms with Crippen LogP contribution in [0.3, 0.4) is 0 Å². The molecule has 7 heteroatoms. The van der Waals surface area contributed by atoms with Gasteiger partial charge in [-0.3, -0.25) is 14.9 Å². The Kier molecular flexibility index (Phi) is 5.79. The monoisotopic (exact) mass is 446 g/mol. The first-order chi connectivity index (χ1) is 15.4. The molecule has 6 nitrogen and oxygen atoms in total. The van der Waals surface area contributed by atoms with Crippen molar-refractivity contribution in [2.24, 2.45) is 0 Å². The third kappa shape index (κ3) is 3.88. The number of hydrogen-bond acceptors (Lipinski definition) is 4. The average Bonchev–Trinajstić information content (AvgIpc) is 2.77. The highest BCUT2D eigenvalue weighted by Crippen LogP contribution is 2.33. The number of aryl methyl sites for hydroxylation is 1. The number of nitrogens with zero attached hydrogens (tertiary/aromatic N) is 1. The Morgan fingerprint density at radius 1 is 1.09 bits per heavy atom. The molecule has 0 radical (unpaired) electrons. The maximum absolute atomic E-state index is 13.4. The van der Waals surface area contributed by atoms with Gasteiger partial charge in [0.15, 0.2) is 0 Å². The smallest absolute Gasteiger partial charge is 0.335 e. The molecule has 0 aliphatic carbocycles. The molecule has 0 aromatic heterocycles. The van der Waals surface area contributed by atoms with Crippen LogP contribution in [-0.4, -0.2) is 24.5 Å². The van der Waals surface area contributed by atoms with Crippen molar-refractivity contribution in [1.29, 1.82) is 0 Å². The Labute approximate surface area is 189 Å². The van der Waals surface area contributed by atoms with Gasteiger partial charge in [0, 0.05) is 10.6 Å². The van der Waals surface area contributed by atoms with Crippen LogP contribution < -0.4 is 15.0 Å². The van der Waals surface area contributed by atoms with Gasteiger partial charge in [0.1, 0.15) is 17.9 Å². The SMILES string of the molecule is C=CCOc1ccc2ccccc2c1/C=C1\C(=O)NC(=O)N(c2cc(Cl)ccc2C)C1=O. The van der Waals surface area contributed by atoms with Gasteiger partial charge in [-0.2, -0.15) is 0 Å². The predicted octanol–water partition coefficient (Wildman–Crippen LogP) is 5.03. The van der Waals surface area contributed by atoms with Crippen LogP contribution in [0.15, 0.2) is 72.8 Å². The number of amides is 4. The summed E-state index contributed by atoms with van der Waals surface area (Å²) in [5.41, 5.74) is 1.33. The number of fused-ring (bicyclic) bond motifs is 1. The molecule has 0 unspecified atom stereocenters. The number of hydrogen-bond donors (Lipinski definition) is 1. The third-order valence-corrected chi connectivity index (χ3v) is 5.32. The summed E-state index contributed by atoms with van der Waals surface area (Å²) in [6.07, 6.45) is 3.06. The molecule has 4 rings (SSSR count). The number of carbonyl (C=O) groups excluding carboxylic acids is 3. The van der Waals surface area contributed by atoms with E-state index in [1.54, 1.807) is 31.2 Å². The Bertz CT molecular complexity index is 1310. The molecule has 1 saturated heterocycles. The number of halogens is 1. The highest BCUT2D eigenvalue weighted by Gasteiger charge is 2.37. The van der Waals surface area contributed by atoms with Crippen molar-refractivity contribution < 1.29 is 19.1 Å². The van der Waals surface area contributed by atoms with Gasteiger partial charge < -0.3 is 4.74 Å². The van der Waals surface area contributed by atoms with Gasteiger partial charge in [-0.25, -0.2) is 9.69 Å². The summed E-state index contributed by atoms with van der Waals surface area (Å²) < 4.78 is 5.77. The van der Waals surface area contributed by atoms with E-state index in [9.17, 15) is 14.4 Å². The Morgan fingerprint density at radius 3 is 2.66 bits per heavy atom. The lowest BCUT2D eigenvalue weighted by Gasteiger charge is -2.27. The fourth-order valence-corrected chi connectivity index (χ4v) is 3.71. The van der Waals surface area contributed by atoms with Crippen LogP contribution in [0.4, 0.5) is 10.5 Å². The average molecular weight is 447 g/mol. The van der Waals surface area contributed by atoms with Crippen molar-refractivity contribution in [2.45, 2.75) is 6.92 Å². The zero-order chi connectivity index (χ0) is 22.8. The van der Waals surface area contributed by atoms with E-state index in [4.69, 9.17) is 16.3 Å². The van der Waals surface area contributed by atoms with E-state index in [0.29, 0.717) is 27.6 Å². The Hall–Kier alpha value is -3.90. The van der Waals surface area contributed by atoms with Crippen molar-refractivity contribution >= 4 is 52.0 Å². The van der Waals surface area contributed by atoms with Crippen LogP contribution in [0.1, 0.15) is 11.1 Å². The largest absolute Gasteiger partial charge is 0.489 e. The topological polar surface area (TPSA) is 75.7 Å². The summed E-state index contributed by atoms with van der Waals surface area (Å²) in [6.45, 7) is 5.66. The molecule has 0 bridgehead atoms. The maximum Gasteiger partial charge on any atom is 0.335 e. The quantitative estimate of drug-likeness (QED) is 0.338. The third-order valence-electron chi connectivity index (χ3n) is 5.09. The minimum Gasteiger partial charge on any atom is -0.489 e. The molecule has 32 heavy (non-hydrogen) atoms. The van der Waals surface area contributed by atoms with Gasteiger partial charge in [-0.1, -0.05) is 60.7 Å². The number of carbonyl (C=O) groups is 3. The number of rotatable bonds is 5. The molecule has 1 N–H and O–H groups in total. The van der Waals surface area contributed by atoms with Gasteiger partial charge in [-0.15, -0.1) is 0 Å². The van der Waals surface area contributed by atoms with Crippen LogP contribution in [0.2, 0.25) is 5.02 Å². The van der Waals surface area contributed by atoms with Crippen LogP contribution in [-0.2, 0) is 9.59 Å². The molecular formula is C25H19ClN2O4. The van der Waals surface area contributed by atoms with Gasteiger partial charge in [0.25, 0.3) is 11.8 Å². The van der Waals surface area contributed by atoms with E-state index in [1.807, 2.05) is 30.3 Å². The van der Waals surface area contributed by atoms with Gasteiger partial charge in [-0.05, 0) is 47.5 Å². The van der Waals surface area contributed by atoms with Crippen LogP contribution in [0.5, 0.6) is 5.75 Å². The molecule has 1 aliphatic rings. The summed E-state index contributed by atoms with van der Waals surface area (Å²) in [6, 6.07) is 15.2. The van der Waals surface area contributed by atoms with E-state index in [-0.39, 0.29) is 12.2 Å². The predicted molar refractivity (Wildman–Crippen MR) is 125 cm³/mol. The number of anilines is 1. The van der Waals surface area contributed by atoms with Gasteiger partial charge in [0.2, 0.25) is 0 Å². The molecule has 3 aromatic carbocycles. The van der Waals surface area contributed by atoms with E-state index in [1.165, 1.54) is 12.1 Å². The summed E-state index contributed by atoms with van der Waals surface area (Å²) >= 11 is 6.09. The number of barbiturate groups is 1. The highest BCUT2D eigenvalue weighted by molar-refractivity contribution is 6.40. The number of nitrogens with one attached hydrogen (secondary N) is 1. The molecule has 160 valence electrons. The lowest BCUT2D eigenvalue weighted by Crippen LogP contribution is -2.54. The second-order valence-electron chi connectivity index (χ2n) is 7.19. The lowest BCUT2D eigenvalue weighted by molar-refractivity contribution is -0.122. The zero-order valence-corrected chi connectivity index (χ0v) is 18.0. The van der Waals surface area contributed by atoms with E-state index in [0.717, 1.165) is 15.7 Å². The maximum atomic E-state index is 13.4. The number of imide groups is 2. The lowest BCUT2D eigenvalue weighted by atomic mass is 9.99. The summed E-state index contributed by atoms with van der Waals surface area (Å²) in [5.74, 6) is -1.04. The molecule has 0 atom stereocenters. The standard InChI is InChI=1S/C25H19ClN2O4/c1-3-12-32-22-11-9-16-6-4-5-7-18(16)19(22)14-20-23(29)27-25(31)28(24(20)30)21-13-17(26)10-8-15(21)2/h3-11,13-14H,1,12H2,2H3,(H,27,29,31)/b20-14+. The number of benzene rings is 3. The Balaban J connectivity index is 1.88. The van der Waals surface area contributed by atoms with Gasteiger partial charge in [0.05, 0.1) is 5.69 Å². The summed E-state index contributed by atoms with van der Waals surface area (Å²) in [5, 5.41) is 4.31. The normalized spacial score (nSPS) is 15.2. The van der Waals surface area contributed by atoms with Crippen molar-refractivity contribution in [3.8, 4) is 5.75 Å². The van der Waals surface area contributed by atoms with E-state index < -0.39 is 17.8 Å². The van der Waals surface area contributed by atoms with Crippen LogP contribution in [0.25, 0.3) is 16.8 Å². The minimum atomic E-state index is -0.830. The van der Waals surface area contributed by atoms with Gasteiger partial charge >= 0.3 is 6.03 Å². The van der Waals surface area contributed by atoms with Crippen molar-refractivity contribution in [3.05, 3.63) is 89.0 Å². The Morgan fingerprint density at radius 2 is 1.88 bits per heavy atom. The van der Waals surface area contributed by atoms with Crippen LogP contribution >= 0.6 is 11.6 Å². The molecule has 3 aromatic rings. The molecule has 1 heterocycles. The molecular weight excluding hydrogens is 428 g/mol. The molecule has 0 saturated carbocycles. The molecule has 0 spiro atoms. The van der Waals surface area contributed by atoms with Crippen molar-refractivity contribution in [2.75, 3.05) is 11.5 Å². The second-order valence-corrected chi connectivity index (χ2v) is 7.62. The fourth-order valence-electron chi connectivity index (χ4n) is 3.54. The van der Waals surface area contributed by atoms with Crippen LogP contribution in [0, 0.1) is 6.92 Å². The fraction of sp³-hybridized carbons (Fsp3) is 0.0800.